The van der Waals surface area contributed by atoms with Gasteiger partial charge in [0.15, 0.2) is 11.6 Å². The maximum atomic E-state index is 14.3. The largest absolute Gasteiger partial charge is 0.455 e. The molecule has 150 valence electrons. The molecule has 0 atom stereocenters. The number of halogens is 2. The number of primary amides is 1. The molecule has 0 aliphatic rings. The summed E-state index contributed by atoms with van der Waals surface area (Å²) < 4.78 is 33.6. The number of hydrogen-bond donors (Lipinski definition) is 2. The summed E-state index contributed by atoms with van der Waals surface area (Å²) in [5.41, 5.74) is 4.17. The van der Waals surface area contributed by atoms with Gasteiger partial charge in [0.1, 0.15) is 17.3 Å². The minimum absolute atomic E-state index is 0.169. The SMILES string of the molecule is CC(C)(C)C(=O)Nc1c(F)cc(F)cc1Oc1ccc(C(C)(C)C(N)=O)cc1. The van der Waals surface area contributed by atoms with Crippen LogP contribution in [0.5, 0.6) is 11.5 Å². The summed E-state index contributed by atoms with van der Waals surface area (Å²) in [5, 5.41) is 2.45. The summed E-state index contributed by atoms with van der Waals surface area (Å²) in [6, 6.07) is 8.05. The van der Waals surface area contributed by atoms with E-state index < -0.39 is 34.3 Å². The Morgan fingerprint density at radius 1 is 1.00 bits per heavy atom. The number of hydrogen-bond acceptors (Lipinski definition) is 3. The molecule has 2 amide bonds. The third kappa shape index (κ3) is 4.65. The first-order chi connectivity index (χ1) is 12.8. The van der Waals surface area contributed by atoms with Crippen LogP contribution in [0.4, 0.5) is 14.5 Å². The molecule has 7 heteroatoms. The van der Waals surface area contributed by atoms with Crippen LogP contribution < -0.4 is 15.8 Å². The van der Waals surface area contributed by atoms with Crippen LogP contribution in [-0.2, 0) is 15.0 Å². The smallest absolute Gasteiger partial charge is 0.229 e. The molecule has 3 N–H and O–H groups in total. The summed E-state index contributed by atoms with van der Waals surface area (Å²) in [5.74, 6) is -2.61. The molecule has 0 radical (unpaired) electrons. The van der Waals surface area contributed by atoms with Gasteiger partial charge >= 0.3 is 0 Å². The highest BCUT2D eigenvalue weighted by Gasteiger charge is 2.27. The Labute approximate surface area is 162 Å². The lowest BCUT2D eigenvalue weighted by Gasteiger charge is -2.22. The number of anilines is 1. The van der Waals surface area contributed by atoms with Gasteiger partial charge in [-0.15, -0.1) is 0 Å². The van der Waals surface area contributed by atoms with Crippen molar-refractivity contribution < 1.29 is 23.1 Å². The molecule has 2 aromatic carbocycles. The van der Waals surface area contributed by atoms with Gasteiger partial charge in [-0.25, -0.2) is 8.78 Å². The molecule has 0 aliphatic heterocycles. The molecule has 0 heterocycles. The molecule has 2 aromatic rings. The Morgan fingerprint density at radius 3 is 2.07 bits per heavy atom. The third-order valence-electron chi connectivity index (χ3n) is 4.36. The van der Waals surface area contributed by atoms with Gasteiger partial charge in [-0.3, -0.25) is 9.59 Å². The van der Waals surface area contributed by atoms with Gasteiger partial charge in [-0.1, -0.05) is 32.9 Å². The number of ether oxygens (including phenoxy) is 1. The maximum Gasteiger partial charge on any atom is 0.229 e. The van der Waals surface area contributed by atoms with Crippen molar-refractivity contribution >= 4 is 17.5 Å². The molecular formula is C21H24F2N2O3. The fourth-order valence-electron chi connectivity index (χ4n) is 2.26. The van der Waals surface area contributed by atoms with Crippen molar-refractivity contribution in [2.45, 2.75) is 40.0 Å². The number of rotatable bonds is 5. The molecule has 28 heavy (non-hydrogen) atoms. The summed E-state index contributed by atoms with van der Waals surface area (Å²) in [6.45, 7) is 8.39. The highest BCUT2D eigenvalue weighted by Crippen LogP contribution is 2.35. The van der Waals surface area contributed by atoms with Gasteiger partial charge in [-0.2, -0.15) is 0 Å². The van der Waals surface area contributed by atoms with Crippen molar-refractivity contribution in [3.8, 4) is 11.5 Å². The first-order valence-corrected chi connectivity index (χ1v) is 8.71. The average Bonchev–Trinajstić information content (AvgIpc) is 2.57. The number of amides is 2. The summed E-state index contributed by atoms with van der Waals surface area (Å²) in [4.78, 5) is 23.8. The monoisotopic (exact) mass is 390 g/mol. The van der Waals surface area contributed by atoms with E-state index >= 15 is 0 Å². The lowest BCUT2D eigenvalue weighted by Crippen LogP contribution is -2.35. The number of benzene rings is 2. The van der Waals surface area contributed by atoms with Gasteiger partial charge in [0.2, 0.25) is 11.8 Å². The molecule has 0 saturated heterocycles. The minimum Gasteiger partial charge on any atom is -0.455 e. The van der Waals surface area contributed by atoms with E-state index in [9.17, 15) is 18.4 Å². The Hall–Kier alpha value is -2.96. The van der Waals surface area contributed by atoms with Crippen molar-refractivity contribution in [3.05, 3.63) is 53.6 Å². The summed E-state index contributed by atoms with van der Waals surface area (Å²) in [6.07, 6.45) is 0. The van der Waals surface area contributed by atoms with E-state index in [4.69, 9.17) is 10.5 Å². The van der Waals surface area contributed by atoms with Gasteiger partial charge < -0.3 is 15.8 Å². The van der Waals surface area contributed by atoms with Gasteiger partial charge in [0, 0.05) is 17.5 Å². The van der Waals surface area contributed by atoms with Crippen LogP contribution in [0.2, 0.25) is 0 Å². The molecule has 0 aromatic heterocycles. The van der Waals surface area contributed by atoms with Crippen LogP contribution in [0, 0.1) is 17.0 Å². The Balaban J connectivity index is 2.36. The Kier molecular flexibility index (Phi) is 5.77. The standard InChI is InChI=1S/C21H24F2N2O3/c1-20(2,3)19(27)25-17-15(23)10-13(22)11-16(17)28-14-8-6-12(7-9-14)21(4,5)18(24)26/h6-11H,1-5H3,(H2,24,26)(H,25,27). The van der Waals surface area contributed by atoms with E-state index in [1.807, 2.05) is 0 Å². The molecular weight excluding hydrogens is 366 g/mol. The molecule has 0 spiro atoms. The van der Waals surface area contributed by atoms with Crippen molar-refractivity contribution in [2.75, 3.05) is 5.32 Å². The maximum absolute atomic E-state index is 14.3. The zero-order valence-corrected chi connectivity index (χ0v) is 16.5. The molecule has 0 aliphatic carbocycles. The number of nitrogens with one attached hydrogen (secondary N) is 1. The minimum atomic E-state index is -0.945. The second-order valence-electron chi connectivity index (χ2n) is 8.08. The van der Waals surface area contributed by atoms with Crippen LogP contribution in [-0.4, -0.2) is 11.8 Å². The van der Waals surface area contributed by atoms with Gasteiger partial charge in [0.25, 0.3) is 0 Å². The van der Waals surface area contributed by atoms with E-state index in [0.717, 1.165) is 6.07 Å². The van der Waals surface area contributed by atoms with Crippen molar-refractivity contribution in [1.29, 1.82) is 0 Å². The quantitative estimate of drug-likeness (QED) is 0.788. The molecule has 0 saturated carbocycles. The van der Waals surface area contributed by atoms with Gasteiger partial charge in [0.05, 0.1) is 5.41 Å². The van der Waals surface area contributed by atoms with Crippen LogP contribution in [0.3, 0.4) is 0 Å². The van der Waals surface area contributed by atoms with E-state index in [1.54, 1.807) is 58.9 Å². The zero-order valence-electron chi connectivity index (χ0n) is 16.5. The molecule has 0 unspecified atom stereocenters. The Morgan fingerprint density at radius 2 is 1.57 bits per heavy atom. The molecule has 5 nitrogen and oxygen atoms in total. The van der Waals surface area contributed by atoms with Crippen LogP contribution in [0.1, 0.15) is 40.2 Å². The van der Waals surface area contributed by atoms with E-state index in [0.29, 0.717) is 11.6 Å². The fraction of sp³-hybridized carbons (Fsp3) is 0.333. The lowest BCUT2D eigenvalue weighted by molar-refractivity contribution is -0.123. The molecule has 0 bridgehead atoms. The number of nitrogens with two attached hydrogens (primary N) is 1. The zero-order chi connectivity index (χ0) is 21.3. The van der Waals surface area contributed by atoms with Crippen LogP contribution in [0.15, 0.2) is 36.4 Å². The summed E-state index contributed by atoms with van der Waals surface area (Å²) >= 11 is 0. The summed E-state index contributed by atoms with van der Waals surface area (Å²) in [7, 11) is 0. The topological polar surface area (TPSA) is 81.4 Å². The third-order valence-corrected chi connectivity index (χ3v) is 4.36. The lowest BCUT2D eigenvalue weighted by atomic mass is 9.84. The highest BCUT2D eigenvalue weighted by molar-refractivity contribution is 5.96. The first-order valence-electron chi connectivity index (χ1n) is 8.71. The predicted molar refractivity (Wildman–Crippen MR) is 103 cm³/mol. The second-order valence-corrected chi connectivity index (χ2v) is 8.08. The van der Waals surface area contributed by atoms with Crippen LogP contribution in [0.25, 0.3) is 0 Å². The van der Waals surface area contributed by atoms with E-state index in [2.05, 4.69) is 5.32 Å². The van der Waals surface area contributed by atoms with E-state index in [1.165, 1.54) is 0 Å². The van der Waals surface area contributed by atoms with Crippen molar-refractivity contribution in [1.82, 2.24) is 0 Å². The average molecular weight is 390 g/mol. The van der Waals surface area contributed by atoms with Crippen LogP contribution >= 0.6 is 0 Å². The fourth-order valence-corrected chi connectivity index (χ4v) is 2.26. The highest BCUT2D eigenvalue weighted by atomic mass is 19.1. The normalized spacial score (nSPS) is 11.8. The number of carbonyl (C=O) groups is 2. The predicted octanol–water partition coefficient (Wildman–Crippen LogP) is 4.50. The first kappa shape index (κ1) is 21.3. The number of carbonyl (C=O) groups excluding carboxylic acids is 2. The Bertz CT molecular complexity index is 901. The molecule has 0 fully saturated rings. The molecule has 2 rings (SSSR count). The van der Waals surface area contributed by atoms with E-state index in [-0.39, 0.29) is 17.2 Å². The van der Waals surface area contributed by atoms with Crippen molar-refractivity contribution in [2.24, 2.45) is 11.1 Å². The van der Waals surface area contributed by atoms with Gasteiger partial charge in [-0.05, 0) is 31.5 Å². The second kappa shape index (κ2) is 7.58. The van der Waals surface area contributed by atoms with Crippen molar-refractivity contribution in [3.63, 3.8) is 0 Å².